The van der Waals surface area contributed by atoms with Crippen LogP contribution in [0.4, 0.5) is 0 Å². The monoisotopic (exact) mass is 154 g/mol. The van der Waals surface area contributed by atoms with Crippen molar-refractivity contribution < 1.29 is 9.53 Å². The Morgan fingerprint density at radius 3 is 3.18 bits per heavy atom. The molecule has 2 nitrogen and oxygen atoms in total. The van der Waals surface area contributed by atoms with Gasteiger partial charge in [-0.15, -0.1) is 6.58 Å². The Labute approximate surface area is 67.2 Å². The zero-order valence-electron chi connectivity index (χ0n) is 6.88. The summed E-state index contributed by atoms with van der Waals surface area (Å²) in [6.07, 6.45) is 3.48. The summed E-state index contributed by atoms with van der Waals surface area (Å²) < 4.78 is 4.97. The predicted molar refractivity (Wildman–Crippen MR) is 43.0 cm³/mol. The van der Waals surface area contributed by atoms with E-state index < -0.39 is 0 Å². The fourth-order valence-corrected chi connectivity index (χ4v) is 1.39. The van der Waals surface area contributed by atoms with Crippen molar-refractivity contribution >= 4 is 5.97 Å². The van der Waals surface area contributed by atoms with Crippen LogP contribution in [-0.4, -0.2) is 12.6 Å². The van der Waals surface area contributed by atoms with Crippen LogP contribution in [0.1, 0.15) is 19.8 Å². The highest BCUT2D eigenvalue weighted by atomic mass is 16.5. The minimum atomic E-state index is -0.0528. The molecule has 0 radical (unpaired) electrons. The van der Waals surface area contributed by atoms with E-state index in [0.29, 0.717) is 12.5 Å². The van der Waals surface area contributed by atoms with Crippen molar-refractivity contribution in [3.8, 4) is 0 Å². The van der Waals surface area contributed by atoms with Gasteiger partial charge in [-0.3, -0.25) is 4.79 Å². The van der Waals surface area contributed by atoms with Crippen molar-refractivity contribution in [3.05, 3.63) is 12.7 Å². The maximum Gasteiger partial charge on any atom is 0.309 e. The number of rotatable bonds is 2. The van der Waals surface area contributed by atoms with Crippen LogP contribution in [0.3, 0.4) is 0 Å². The molecule has 0 amide bonds. The van der Waals surface area contributed by atoms with Gasteiger partial charge in [0.05, 0.1) is 12.5 Å². The van der Waals surface area contributed by atoms with Gasteiger partial charge in [0.15, 0.2) is 0 Å². The van der Waals surface area contributed by atoms with E-state index in [4.69, 9.17) is 4.74 Å². The molecule has 2 heteroatoms. The third-order valence-electron chi connectivity index (χ3n) is 1.98. The highest BCUT2D eigenvalue weighted by Crippen LogP contribution is 2.22. The number of carbonyl (C=O) groups excluding carboxylic acids is 1. The molecule has 0 spiro atoms. The summed E-state index contributed by atoms with van der Waals surface area (Å²) in [5, 5.41) is 0. The van der Waals surface area contributed by atoms with Crippen LogP contribution < -0.4 is 0 Å². The lowest BCUT2D eigenvalue weighted by atomic mass is 9.91. The Morgan fingerprint density at radius 2 is 2.55 bits per heavy atom. The molecule has 0 N–H and O–H groups in total. The molecule has 0 aromatic rings. The van der Waals surface area contributed by atoms with E-state index in [-0.39, 0.29) is 11.9 Å². The second-order valence-corrected chi connectivity index (χ2v) is 3.19. The smallest absolute Gasteiger partial charge is 0.309 e. The second kappa shape index (κ2) is 3.56. The van der Waals surface area contributed by atoms with Crippen LogP contribution in [0.15, 0.2) is 12.7 Å². The van der Waals surface area contributed by atoms with E-state index in [1.807, 2.05) is 0 Å². The summed E-state index contributed by atoms with van der Waals surface area (Å²) >= 11 is 0. The van der Waals surface area contributed by atoms with Gasteiger partial charge in [0.1, 0.15) is 0 Å². The zero-order valence-corrected chi connectivity index (χ0v) is 6.88. The van der Waals surface area contributed by atoms with Gasteiger partial charge in [0.2, 0.25) is 0 Å². The van der Waals surface area contributed by atoms with E-state index in [2.05, 4.69) is 13.5 Å². The average Bonchev–Trinajstić information content (AvgIpc) is 1.98. The normalized spacial score (nSPS) is 31.2. The number of cyclic esters (lactones) is 1. The molecule has 0 saturated carbocycles. The highest BCUT2D eigenvalue weighted by Gasteiger charge is 2.26. The predicted octanol–water partition coefficient (Wildman–Crippen LogP) is 1.76. The maximum atomic E-state index is 11.1. The van der Waals surface area contributed by atoms with Crippen LogP contribution in [-0.2, 0) is 9.53 Å². The Kier molecular flexibility index (Phi) is 2.69. The number of hydrogen-bond donors (Lipinski definition) is 0. The molecule has 11 heavy (non-hydrogen) atoms. The maximum absolute atomic E-state index is 11.1. The number of allylic oxidation sites excluding steroid dienone is 1. The summed E-state index contributed by atoms with van der Waals surface area (Å²) in [6.45, 7) is 6.30. The van der Waals surface area contributed by atoms with Crippen LogP contribution >= 0.6 is 0 Å². The summed E-state index contributed by atoms with van der Waals surface area (Å²) in [7, 11) is 0. The first kappa shape index (κ1) is 8.31. The number of carbonyl (C=O) groups is 1. The standard InChI is InChI=1S/C9H14O2/c1-3-4-8-5-7(2)6-11-9(8)10/h3,7-8H,1,4-6H2,2H3/t7-,8-/m0/s1. The van der Waals surface area contributed by atoms with E-state index in [1.165, 1.54) is 0 Å². The Bertz CT molecular complexity index is 163. The molecule has 0 bridgehead atoms. The molecule has 0 unspecified atom stereocenters. The van der Waals surface area contributed by atoms with Crippen LogP contribution in [0, 0.1) is 11.8 Å². The van der Waals surface area contributed by atoms with E-state index >= 15 is 0 Å². The molecule has 0 aromatic heterocycles. The largest absolute Gasteiger partial charge is 0.465 e. The first-order valence-electron chi connectivity index (χ1n) is 4.01. The van der Waals surface area contributed by atoms with Gasteiger partial charge in [0.25, 0.3) is 0 Å². The van der Waals surface area contributed by atoms with E-state index in [9.17, 15) is 4.79 Å². The van der Waals surface area contributed by atoms with Gasteiger partial charge in [-0.2, -0.15) is 0 Å². The Balaban J connectivity index is 2.46. The minimum absolute atomic E-state index is 0.0528. The highest BCUT2D eigenvalue weighted by molar-refractivity contribution is 5.73. The molecule has 62 valence electrons. The van der Waals surface area contributed by atoms with Crippen molar-refractivity contribution in [3.63, 3.8) is 0 Å². The second-order valence-electron chi connectivity index (χ2n) is 3.19. The van der Waals surface area contributed by atoms with E-state index in [1.54, 1.807) is 6.08 Å². The molecule has 2 atom stereocenters. The third kappa shape index (κ3) is 2.07. The summed E-state index contributed by atoms with van der Waals surface area (Å²) in [5.41, 5.74) is 0. The first-order chi connectivity index (χ1) is 5.24. The fourth-order valence-electron chi connectivity index (χ4n) is 1.39. The number of hydrogen-bond acceptors (Lipinski definition) is 2. The van der Waals surface area contributed by atoms with Crippen LogP contribution in [0.25, 0.3) is 0 Å². The molecule has 1 aliphatic rings. The fraction of sp³-hybridized carbons (Fsp3) is 0.667. The summed E-state index contributed by atoms with van der Waals surface area (Å²) in [4.78, 5) is 11.1. The van der Waals surface area contributed by atoms with Crippen molar-refractivity contribution in [1.29, 1.82) is 0 Å². The van der Waals surface area contributed by atoms with Gasteiger partial charge in [0, 0.05) is 0 Å². The molecular weight excluding hydrogens is 140 g/mol. The third-order valence-corrected chi connectivity index (χ3v) is 1.98. The van der Waals surface area contributed by atoms with Crippen molar-refractivity contribution in [2.45, 2.75) is 19.8 Å². The number of esters is 1. The van der Waals surface area contributed by atoms with E-state index in [0.717, 1.165) is 12.8 Å². The Hall–Kier alpha value is -0.790. The summed E-state index contributed by atoms with van der Waals surface area (Å²) in [6, 6.07) is 0. The molecule has 1 fully saturated rings. The molecule has 0 aromatic carbocycles. The molecule has 1 heterocycles. The first-order valence-corrected chi connectivity index (χ1v) is 4.01. The van der Waals surface area contributed by atoms with Gasteiger partial charge in [-0.1, -0.05) is 13.0 Å². The van der Waals surface area contributed by atoms with Crippen molar-refractivity contribution in [2.24, 2.45) is 11.8 Å². The zero-order chi connectivity index (χ0) is 8.27. The molecule has 0 aliphatic carbocycles. The topological polar surface area (TPSA) is 26.3 Å². The van der Waals surface area contributed by atoms with Gasteiger partial charge in [-0.05, 0) is 18.8 Å². The van der Waals surface area contributed by atoms with Crippen molar-refractivity contribution in [2.75, 3.05) is 6.61 Å². The molecule has 1 rings (SSSR count). The van der Waals surface area contributed by atoms with Crippen molar-refractivity contribution in [1.82, 2.24) is 0 Å². The average molecular weight is 154 g/mol. The van der Waals surface area contributed by atoms with Gasteiger partial charge >= 0.3 is 5.97 Å². The lowest BCUT2D eigenvalue weighted by molar-refractivity contribution is -0.155. The molecular formula is C9H14O2. The van der Waals surface area contributed by atoms with Gasteiger partial charge < -0.3 is 4.74 Å². The SMILES string of the molecule is C=CC[C@H]1C[C@H](C)COC1=O. The molecule has 1 aliphatic heterocycles. The molecule has 1 saturated heterocycles. The van der Waals surface area contributed by atoms with Crippen LogP contribution in [0.2, 0.25) is 0 Å². The van der Waals surface area contributed by atoms with Gasteiger partial charge in [-0.25, -0.2) is 0 Å². The Morgan fingerprint density at radius 1 is 1.82 bits per heavy atom. The quantitative estimate of drug-likeness (QED) is 0.447. The minimum Gasteiger partial charge on any atom is -0.465 e. The lowest BCUT2D eigenvalue weighted by Crippen LogP contribution is -2.28. The summed E-state index contributed by atoms with van der Waals surface area (Å²) in [5.74, 6) is 0.525. The lowest BCUT2D eigenvalue weighted by Gasteiger charge is -2.24. The van der Waals surface area contributed by atoms with Crippen LogP contribution in [0.5, 0.6) is 0 Å². The number of ether oxygens (including phenoxy) is 1.